The predicted octanol–water partition coefficient (Wildman–Crippen LogP) is 2.12. The first-order chi connectivity index (χ1) is 12.6. The van der Waals surface area contributed by atoms with E-state index in [1.54, 1.807) is 20.5 Å². The Balaban J connectivity index is 1.73. The molecule has 0 bridgehead atoms. The fourth-order valence-electron chi connectivity index (χ4n) is 3.64. The van der Waals surface area contributed by atoms with E-state index in [-0.39, 0.29) is 0 Å². The SMILES string of the molecule is COc1cc2ncnc(N3CCC(CCCB(O)O)CC3)c2cc1OC. The van der Waals surface area contributed by atoms with Crippen LogP contribution in [-0.2, 0) is 0 Å². The van der Waals surface area contributed by atoms with Gasteiger partial charge in [-0.2, -0.15) is 0 Å². The van der Waals surface area contributed by atoms with E-state index in [2.05, 4.69) is 14.9 Å². The van der Waals surface area contributed by atoms with Crippen LogP contribution >= 0.6 is 0 Å². The van der Waals surface area contributed by atoms with E-state index in [0.29, 0.717) is 23.7 Å². The van der Waals surface area contributed by atoms with Crippen molar-refractivity contribution in [1.82, 2.24) is 9.97 Å². The number of benzene rings is 1. The molecule has 3 rings (SSSR count). The zero-order chi connectivity index (χ0) is 18.5. The van der Waals surface area contributed by atoms with E-state index in [1.807, 2.05) is 12.1 Å². The standard InChI is InChI=1S/C18H26BN3O4/c1-25-16-10-14-15(11-17(16)26-2)20-12-21-18(14)22-8-5-13(6-9-22)4-3-7-19(23)24/h10-13,23-24H,3-9H2,1-2H3. The summed E-state index contributed by atoms with van der Waals surface area (Å²) < 4.78 is 10.8. The van der Waals surface area contributed by atoms with Crippen molar-refractivity contribution in [2.24, 2.45) is 5.92 Å². The van der Waals surface area contributed by atoms with E-state index in [9.17, 15) is 0 Å². The summed E-state index contributed by atoms with van der Waals surface area (Å²) >= 11 is 0. The van der Waals surface area contributed by atoms with Crippen LogP contribution in [0.4, 0.5) is 5.82 Å². The monoisotopic (exact) mass is 359 g/mol. The number of rotatable bonds is 7. The maximum Gasteiger partial charge on any atom is 0.451 e. The maximum atomic E-state index is 8.97. The lowest BCUT2D eigenvalue weighted by Crippen LogP contribution is -2.34. The Morgan fingerprint density at radius 1 is 1.12 bits per heavy atom. The molecule has 26 heavy (non-hydrogen) atoms. The van der Waals surface area contributed by atoms with E-state index in [1.165, 1.54) is 0 Å². The van der Waals surface area contributed by atoms with Crippen LogP contribution < -0.4 is 14.4 Å². The highest BCUT2D eigenvalue weighted by Crippen LogP contribution is 2.36. The van der Waals surface area contributed by atoms with Crippen molar-refractivity contribution in [3.63, 3.8) is 0 Å². The van der Waals surface area contributed by atoms with Crippen LogP contribution in [0.25, 0.3) is 10.9 Å². The molecule has 1 aliphatic rings. The van der Waals surface area contributed by atoms with E-state index in [4.69, 9.17) is 19.5 Å². The molecule has 140 valence electrons. The summed E-state index contributed by atoms with van der Waals surface area (Å²) in [4.78, 5) is 11.2. The molecule has 1 aromatic heterocycles. The second-order valence-corrected chi connectivity index (χ2v) is 6.76. The molecule has 1 aromatic carbocycles. The number of anilines is 1. The summed E-state index contributed by atoms with van der Waals surface area (Å²) in [5, 5.41) is 18.9. The highest BCUT2D eigenvalue weighted by atomic mass is 16.5. The van der Waals surface area contributed by atoms with Gasteiger partial charge in [-0.25, -0.2) is 9.97 Å². The Morgan fingerprint density at radius 3 is 2.46 bits per heavy atom. The first kappa shape index (κ1) is 18.7. The van der Waals surface area contributed by atoms with Gasteiger partial charge in [0.2, 0.25) is 0 Å². The molecular formula is C18H26BN3O4. The molecule has 1 saturated heterocycles. The summed E-state index contributed by atoms with van der Waals surface area (Å²) in [5.74, 6) is 2.90. The molecule has 0 unspecified atom stereocenters. The Hall–Kier alpha value is -2.06. The molecule has 8 heteroatoms. The normalized spacial score (nSPS) is 15.3. The molecule has 0 aliphatic carbocycles. The quantitative estimate of drug-likeness (QED) is 0.732. The first-order valence-corrected chi connectivity index (χ1v) is 9.10. The van der Waals surface area contributed by atoms with Crippen LogP contribution in [0.2, 0.25) is 6.32 Å². The number of aromatic nitrogens is 2. The Morgan fingerprint density at radius 2 is 1.81 bits per heavy atom. The second kappa shape index (κ2) is 8.55. The molecular weight excluding hydrogens is 333 g/mol. The topological polar surface area (TPSA) is 87.9 Å². The van der Waals surface area contributed by atoms with Crippen molar-refractivity contribution in [3.8, 4) is 11.5 Å². The van der Waals surface area contributed by atoms with Gasteiger partial charge in [0.15, 0.2) is 11.5 Å². The Bertz CT molecular complexity index is 736. The zero-order valence-electron chi connectivity index (χ0n) is 15.4. The average Bonchev–Trinajstić information content (AvgIpc) is 2.66. The third-order valence-electron chi connectivity index (χ3n) is 5.11. The number of hydrogen-bond acceptors (Lipinski definition) is 7. The van der Waals surface area contributed by atoms with Crippen LogP contribution in [0.15, 0.2) is 18.5 Å². The van der Waals surface area contributed by atoms with Crippen molar-refractivity contribution in [2.75, 3.05) is 32.2 Å². The van der Waals surface area contributed by atoms with Gasteiger partial charge in [-0.1, -0.05) is 12.8 Å². The highest BCUT2D eigenvalue weighted by molar-refractivity contribution is 6.40. The molecule has 0 saturated carbocycles. The lowest BCUT2D eigenvalue weighted by molar-refractivity contribution is 0.355. The molecule has 1 fully saturated rings. The van der Waals surface area contributed by atoms with E-state index < -0.39 is 7.12 Å². The third-order valence-corrected chi connectivity index (χ3v) is 5.11. The molecule has 7 nitrogen and oxygen atoms in total. The van der Waals surface area contributed by atoms with Crippen LogP contribution in [0.3, 0.4) is 0 Å². The fraction of sp³-hybridized carbons (Fsp3) is 0.556. The number of methoxy groups -OCH3 is 2. The first-order valence-electron chi connectivity index (χ1n) is 9.10. The molecule has 0 spiro atoms. The minimum atomic E-state index is -1.19. The zero-order valence-corrected chi connectivity index (χ0v) is 15.4. The lowest BCUT2D eigenvalue weighted by Gasteiger charge is -2.33. The fourth-order valence-corrected chi connectivity index (χ4v) is 3.64. The molecule has 2 heterocycles. The molecule has 0 atom stereocenters. The van der Waals surface area contributed by atoms with Gasteiger partial charge < -0.3 is 24.4 Å². The lowest BCUT2D eigenvalue weighted by atomic mass is 9.81. The van der Waals surface area contributed by atoms with Gasteiger partial charge in [0, 0.05) is 24.5 Å². The van der Waals surface area contributed by atoms with Crippen molar-refractivity contribution in [2.45, 2.75) is 32.0 Å². The largest absolute Gasteiger partial charge is 0.493 e. The summed E-state index contributed by atoms with van der Waals surface area (Å²) in [5.41, 5.74) is 0.840. The van der Waals surface area contributed by atoms with Crippen molar-refractivity contribution < 1.29 is 19.5 Å². The average molecular weight is 359 g/mol. The number of fused-ring (bicyclic) bond motifs is 1. The van der Waals surface area contributed by atoms with Crippen molar-refractivity contribution >= 4 is 23.8 Å². The van der Waals surface area contributed by atoms with Gasteiger partial charge in [-0.15, -0.1) is 0 Å². The Kier molecular flexibility index (Phi) is 6.16. The summed E-state index contributed by atoms with van der Waals surface area (Å²) in [7, 11) is 2.06. The van der Waals surface area contributed by atoms with E-state index >= 15 is 0 Å². The molecule has 1 aliphatic heterocycles. The van der Waals surface area contributed by atoms with Crippen LogP contribution in [0.1, 0.15) is 25.7 Å². The molecule has 2 aromatic rings. The maximum absolute atomic E-state index is 8.97. The summed E-state index contributed by atoms with van der Waals surface area (Å²) in [6.07, 6.45) is 6.12. The van der Waals surface area contributed by atoms with Crippen molar-refractivity contribution in [1.29, 1.82) is 0 Å². The van der Waals surface area contributed by atoms with E-state index in [0.717, 1.165) is 55.5 Å². The Labute approximate surface area is 154 Å². The molecule has 2 N–H and O–H groups in total. The second-order valence-electron chi connectivity index (χ2n) is 6.76. The third kappa shape index (κ3) is 4.19. The van der Waals surface area contributed by atoms with Gasteiger partial charge in [0.05, 0.1) is 19.7 Å². The number of piperidine rings is 1. The van der Waals surface area contributed by atoms with Crippen LogP contribution in [-0.4, -0.2) is 54.4 Å². The minimum Gasteiger partial charge on any atom is -0.493 e. The van der Waals surface area contributed by atoms with Gasteiger partial charge >= 0.3 is 7.12 Å². The van der Waals surface area contributed by atoms with Crippen molar-refractivity contribution in [3.05, 3.63) is 18.5 Å². The highest BCUT2D eigenvalue weighted by Gasteiger charge is 2.22. The minimum absolute atomic E-state index is 0.457. The van der Waals surface area contributed by atoms with Gasteiger partial charge in [0.25, 0.3) is 0 Å². The van der Waals surface area contributed by atoms with Crippen LogP contribution in [0.5, 0.6) is 11.5 Å². The molecule has 0 amide bonds. The summed E-state index contributed by atoms with van der Waals surface area (Å²) in [6, 6.07) is 3.82. The predicted molar refractivity (Wildman–Crippen MR) is 102 cm³/mol. The van der Waals surface area contributed by atoms with Gasteiger partial charge in [0.1, 0.15) is 12.1 Å². The number of nitrogens with zero attached hydrogens (tertiary/aromatic N) is 3. The number of hydrogen-bond donors (Lipinski definition) is 2. The van der Waals surface area contributed by atoms with Gasteiger partial charge in [-0.05, 0) is 31.1 Å². The summed E-state index contributed by atoms with van der Waals surface area (Å²) in [6.45, 7) is 1.87. The van der Waals surface area contributed by atoms with Gasteiger partial charge in [-0.3, -0.25) is 0 Å². The number of ether oxygens (including phenoxy) is 2. The molecule has 0 radical (unpaired) electrons. The smallest absolute Gasteiger partial charge is 0.451 e. The van der Waals surface area contributed by atoms with Crippen LogP contribution in [0, 0.1) is 5.92 Å².